The Labute approximate surface area is 81.2 Å². The molecular formula is C12H10O. The fraction of sp³-hybridized carbons (Fsp3) is 0.0833. The van der Waals surface area contributed by atoms with E-state index in [-0.39, 0.29) is 5.56 Å². The third-order valence-corrected chi connectivity index (χ3v) is 2.01. The molecule has 0 atom stereocenters. The molecule has 13 heavy (non-hydrogen) atoms. The summed E-state index contributed by atoms with van der Waals surface area (Å²) in [4.78, 5) is 11.5. The smallest absolute Gasteiger partial charge is 0.159 e. The second-order valence-electron chi connectivity index (χ2n) is 2.89. The van der Waals surface area contributed by atoms with Crippen molar-refractivity contribution in [3.8, 4) is 0 Å². The molecule has 0 spiro atoms. The molecule has 0 aromatic heterocycles. The van der Waals surface area contributed by atoms with E-state index in [0.717, 1.165) is 10.8 Å². The van der Waals surface area contributed by atoms with Crippen molar-refractivity contribution < 1.29 is 8.91 Å². The van der Waals surface area contributed by atoms with Crippen LogP contribution in [0.15, 0.2) is 42.5 Å². The quantitative estimate of drug-likeness (QED) is 0.606. The average Bonchev–Trinajstić information content (AvgIpc) is 2.26. The Bertz CT molecular complexity index is 543. The van der Waals surface area contributed by atoms with E-state index in [1.807, 2.05) is 24.3 Å². The predicted octanol–water partition coefficient (Wildman–Crippen LogP) is 3.04. The number of fused-ring (bicyclic) bond motifs is 1. The minimum atomic E-state index is -2.57. The van der Waals surface area contributed by atoms with Gasteiger partial charge >= 0.3 is 0 Å². The van der Waals surface area contributed by atoms with Crippen LogP contribution in [0.3, 0.4) is 0 Å². The fourth-order valence-corrected chi connectivity index (χ4v) is 1.33. The number of hydrogen-bond acceptors (Lipinski definition) is 1. The molecule has 0 radical (unpaired) electrons. The molecule has 0 unspecified atom stereocenters. The van der Waals surface area contributed by atoms with Crippen LogP contribution in [0.1, 0.15) is 21.3 Å². The topological polar surface area (TPSA) is 17.1 Å². The average molecular weight is 173 g/mol. The number of hydrogen-bond donors (Lipinski definition) is 0. The summed E-state index contributed by atoms with van der Waals surface area (Å²) in [5.41, 5.74) is 0.235. The molecule has 2 aromatic rings. The maximum absolute atomic E-state index is 11.5. The summed E-state index contributed by atoms with van der Waals surface area (Å²) in [6.45, 7) is -2.57. The SMILES string of the molecule is [2H]C([2H])([2H])C(=O)c1ccc2ccccc2c1. The van der Waals surface area contributed by atoms with Gasteiger partial charge in [-0.1, -0.05) is 36.4 Å². The summed E-state index contributed by atoms with van der Waals surface area (Å²) in [7, 11) is 0. The molecule has 64 valence electrons. The van der Waals surface area contributed by atoms with E-state index in [9.17, 15) is 4.79 Å². The summed E-state index contributed by atoms with van der Waals surface area (Å²) in [6, 6.07) is 12.4. The van der Waals surface area contributed by atoms with Crippen LogP contribution in [0, 0.1) is 0 Å². The van der Waals surface area contributed by atoms with E-state index < -0.39 is 12.6 Å². The van der Waals surface area contributed by atoms with E-state index in [0.29, 0.717) is 0 Å². The molecule has 0 aliphatic carbocycles. The Balaban J connectivity index is 2.52. The molecule has 0 saturated heterocycles. The highest BCUT2D eigenvalue weighted by Gasteiger charge is 1.99. The summed E-state index contributed by atoms with van der Waals surface area (Å²) in [5, 5.41) is 1.86. The molecule has 0 heterocycles. The van der Waals surface area contributed by atoms with Gasteiger partial charge in [-0.15, -0.1) is 0 Å². The minimum absolute atomic E-state index is 0.235. The largest absolute Gasteiger partial charge is 0.295 e. The first-order chi connectivity index (χ1) is 7.48. The Hall–Kier alpha value is -1.63. The van der Waals surface area contributed by atoms with Gasteiger partial charge in [0.05, 0.1) is 0 Å². The summed E-state index contributed by atoms with van der Waals surface area (Å²) in [5.74, 6) is -0.807. The van der Waals surface area contributed by atoms with E-state index in [2.05, 4.69) is 0 Å². The normalized spacial score (nSPS) is 14.6. The first-order valence-electron chi connectivity index (χ1n) is 5.52. The molecule has 0 amide bonds. The van der Waals surface area contributed by atoms with Crippen molar-refractivity contribution in [3.05, 3.63) is 48.0 Å². The monoisotopic (exact) mass is 173 g/mol. The number of rotatable bonds is 1. The van der Waals surface area contributed by atoms with Gasteiger partial charge in [-0.05, 0) is 23.7 Å². The maximum atomic E-state index is 11.5. The van der Waals surface area contributed by atoms with Crippen molar-refractivity contribution in [1.82, 2.24) is 0 Å². The van der Waals surface area contributed by atoms with E-state index in [4.69, 9.17) is 4.11 Å². The van der Waals surface area contributed by atoms with Gasteiger partial charge in [0.2, 0.25) is 0 Å². The van der Waals surface area contributed by atoms with Crippen LogP contribution in [0.5, 0.6) is 0 Å². The van der Waals surface area contributed by atoms with Crippen LogP contribution < -0.4 is 0 Å². The highest BCUT2D eigenvalue weighted by molar-refractivity contribution is 5.98. The molecule has 0 N–H and O–H groups in total. The van der Waals surface area contributed by atoms with Crippen molar-refractivity contribution >= 4 is 16.6 Å². The van der Waals surface area contributed by atoms with Gasteiger partial charge in [0.1, 0.15) is 0 Å². The molecule has 2 aromatic carbocycles. The molecule has 0 aliphatic heterocycles. The van der Waals surface area contributed by atoms with Crippen molar-refractivity contribution in [2.75, 3.05) is 0 Å². The van der Waals surface area contributed by atoms with Gasteiger partial charge in [0, 0.05) is 9.68 Å². The summed E-state index contributed by atoms with van der Waals surface area (Å²) < 4.78 is 21.2. The van der Waals surface area contributed by atoms with Crippen molar-refractivity contribution in [2.45, 2.75) is 6.85 Å². The lowest BCUT2D eigenvalue weighted by Crippen LogP contribution is -1.90. The Morgan fingerprint density at radius 3 is 2.69 bits per heavy atom. The maximum Gasteiger partial charge on any atom is 0.159 e. The van der Waals surface area contributed by atoms with E-state index in [1.54, 1.807) is 18.2 Å². The second kappa shape index (κ2) is 3.02. The standard InChI is InChI=1S/C12H10O/c1-9(13)11-7-6-10-4-2-3-5-12(10)8-11/h2-8H,1H3/i1D3. The van der Waals surface area contributed by atoms with Crippen molar-refractivity contribution in [2.24, 2.45) is 0 Å². The minimum Gasteiger partial charge on any atom is -0.295 e. The van der Waals surface area contributed by atoms with Gasteiger partial charge < -0.3 is 0 Å². The van der Waals surface area contributed by atoms with Gasteiger partial charge in [0.15, 0.2) is 5.78 Å². The number of carbonyl (C=O) groups is 1. The lowest BCUT2D eigenvalue weighted by atomic mass is 10.1. The highest BCUT2D eigenvalue weighted by atomic mass is 16.1. The van der Waals surface area contributed by atoms with Gasteiger partial charge in [-0.25, -0.2) is 0 Å². The number of benzene rings is 2. The fourth-order valence-electron chi connectivity index (χ4n) is 1.33. The summed E-state index contributed by atoms with van der Waals surface area (Å²) >= 11 is 0. The Morgan fingerprint density at radius 1 is 1.15 bits per heavy atom. The Kier molecular flexibility index (Phi) is 1.20. The first-order valence-corrected chi connectivity index (χ1v) is 4.02. The van der Waals surface area contributed by atoms with Crippen LogP contribution in [0.25, 0.3) is 10.8 Å². The number of ketones is 1. The number of carbonyl (C=O) groups excluding carboxylic acids is 1. The van der Waals surface area contributed by atoms with Gasteiger partial charge in [-0.2, -0.15) is 0 Å². The second-order valence-corrected chi connectivity index (χ2v) is 2.89. The van der Waals surface area contributed by atoms with E-state index in [1.165, 1.54) is 0 Å². The predicted molar refractivity (Wildman–Crippen MR) is 54.0 cm³/mol. The molecule has 0 aliphatic rings. The molecule has 0 fully saturated rings. The molecule has 1 heteroatoms. The zero-order valence-corrected chi connectivity index (χ0v) is 6.95. The van der Waals surface area contributed by atoms with Crippen LogP contribution in [0.4, 0.5) is 0 Å². The summed E-state index contributed by atoms with van der Waals surface area (Å²) in [6.07, 6.45) is 0. The highest BCUT2D eigenvalue weighted by Crippen LogP contribution is 2.15. The molecular weight excluding hydrogens is 160 g/mol. The lowest BCUT2D eigenvalue weighted by molar-refractivity contribution is 0.101. The van der Waals surface area contributed by atoms with Crippen LogP contribution in [-0.2, 0) is 0 Å². The first kappa shape index (κ1) is 5.18. The lowest BCUT2D eigenvalue weighted by Gasteiger charge is -1.99. The van der Waals surface area contributed by atoms with E-state index >= 15 is 0 Å². The third-order valence-electron chi connectivity index (χ3n) is 2.01. The van der Waals surface area contributed by atoms with Crippen LogP contribution in [0.2, 0.25) is 0 Å². The number of Topliss-reactive ketones (excluding diaryl/α,β-unsaturated/α-hetero) is 1. The zero-order valence-electron chi connectivity index (χ0n) is 9.95. The molecule has 0 saturated carbocycles. The van der Waals surface area contributed by atoms with Crippen LogP contribution >= 0.6 is 0 Å². The molecule has 2 rings (SSSR count). The zero-order chi connectivity index (χ0) is 11.8. The van der Waals surface area contributed by atoms with Gasteiger partial charge in [0.25, 0.3) is 0 Å². The van der Waals surface area contributed by atoms with Gasteiger partial charge in [-0.3, -0.25) is 4.79 Å². The Morgan fingerprint density at radius 2 is 1.92 bits per heavy atom. The molecule has 0 bridgehead atoms. The van der Waals surface area contributed by atoms with Crippen LogP contribution in [-0.4, -0.2) is 5.78 Å². The van der Waals surface area contributed by atoms with Crippen molar-refractivity contribution in [3.63, 3.8) is 0 Å². The third kappa shape index (κ3) is 1.45. The van der Waals surface area contributed by atoms with Crippen molar-refractivity contribution in [1.29, 1.82) is 0 Å². The molecule has 1 nitrogen and oxygen atoms in total.